The average Bonchev–Trinajstić information content (AvgIpc) is 2.56. The molecule has 0 radical (unpaired) electrons. The Morgan fingerprint density at radius 1 is 1.22 bits per heavy atom. The second-order valence-corrected chi connectivity index (χ2v) is 6.38. The minimum atomic E-state index is -0.0979. The molecule has 1 N–H and O–H groups in total. The Labute approximate surface area is 137 Å². The molecule has 0 unspecified atom stereocenters. The zero-order valence-electron chi connectivity index (χ0n) is 13.5. The first kappa shape index (κ1) is 16.4. The van der Waals surface area contributed by atoms with Crippen LogP contribution in [0.15, 0.2) is 30.3 Å². The van der Waals surface area contributed by atoms with Gasteiger partial charge in [-0.2, -0.15) is 0 Å². The lowest BCUT2D eigenvalue weighted by Gasteiger charge is -2.43. The van der Waals surface area contributed by atoms with E-state index in [4.69, 9.17) is 14.2 Å². The molecule has 1 amide bonds. The second kappa shape index (κ2) is 7.90. The summed E-state index contributed by atoms with van der Waals surface area (Å²) in [6, 6.07) is 10.1. The minimum absolute atomic E-state index is 0.0463. The second-order valence-electron chi connectivity index (χ2n) is 6.38. The van der Waals surface area contributed by atoms with Crippen molar-refractivity contribution in [3.8, 4) is 0 Å². The summed E-state index contributed by atoms with van der Waals surface area (Å²) in [5.41, 5.74) is 0.979. The molecule has 0 saturated carbocycles. The van der Waals surface area contributed by atoms with Crippen LogP contribution in [-0.2, 0) is 25.6 Å². The Morgan fingerprint density at radius 3 is 2.78 bits per heavy atom. The molecule has 2 aliphatic rings. The smallest absolute Gasteiger partial charge is 0.246 e. The molecule has 1 aromatic carbocycles. The predicted molar refractivity (Wildman–Crippen MR) is 86.0 cm³/mol. The molecule has 0 bridgehead atoms. The number of hydrogen-bond acceptors (Lipinski definition) is 4. The molecule has 5 nitrogen and oxygen atoms in total. The van der Waals surface area contributed by atoms with E-state index in [2.05, 4.69) is 5.32 Å². The maximum atomic E-state index is 12.1. The standard InChI is InChI=1S/C18H25NO4/c20-17(14-22-13-15-4-2-1-3-5-15)19-16-6-9-23-18(12-16)7-10-21-11-8-18/h1-5,16H,6-14H2,(H,19,20)/t16-/m0/s1. The van der Waals surface area contributed by atoms with Gasteiger partial charge in [-0.15, -0.1) is 0 Å². The fraction of sp³-hybridized carbons (Fsp3) is 0.611. The summed E-state index contributed by atoms with van der Waals surface area (Å²) >= 11 is 0. The van der Waals surface area contributed by atoms with Crippen molar-refractivity contribution in [2.75, 3.05) is 26.4 Å². The molecule has 0 aliphatic carbocycles. The zero-order valence-corrected chi connectivity index (χ0v) is 13.5. The van der Waals surface area contributed by atoms with E-state index in [0.717, 1.165) is 44.5 Å². The molecular formula is C18H25NO4. The van der Waals surface area contributed by atoms with Crippen LogP contribution in [0, 0.1) is 0 Å². The molecule has 2 heterocycles. The maximum absolute atomic E-state index is 12.1. The highest BCUT2D eigenvalue weighted by Gasteiger charge is 2.39. The Hall–Kier alpha value is -1.43. The zero-order chi connectivity index (χ0) is 16.0. The van der Waals surface area contributed by atoms with Gasteiger partial charge in [0.2, 0.25) is 5.91 Å². The molecule has 2 saturated heterocycles. The van der Waals surface area contributed by atoms with E-state index < -0.39 is 0 Å². The fourth-order valence-corrected chi connectivity index (χ4v) is 3.35. The van der Waals surface area contributed by atoms with Crippen molar-refractivity contribution in [3.63, 3.8) is 0 Å². The molecule has 2 aliphatic heterocycles. The normalized spacial score (nSPS) is 23.6. The molecule has 1 aromatic rings. The Kier molecular flexibility index (Phi) is 5.65. The number of carbonyl (C=O) groups excluding carboxylic acids is 1. The minimum Gasteiger partial charge on any atom is -0.381 e. The average molecular weight is 319 g/mol. The molecule has 23 heavy (non-hydrogen) atoms. The lowest BCUT2D eigenvalue weighted by atomic mass is 9.84. The number of ether oxygens (including phenoxy) is 3. The molecular weight excluding hydrogens is 294 g/mol. The number of amides is 1. The Bertz CT molecular complexity index is 493. The van der Waals surface area contributed by atoms with Crippen LogP contribution < -0.4 is 5.32 Å². The van der Waals surface area contributed by atoms with E-state index in [-0.39, 0.29) is 24.2 Å². The third-order valence-corrected chi connectivity index (χ3v) is 4.61. The SMILES string of the molecule is O=C(COCc1ccccc1)N[C@H]1CCOC2(CCOCC2)C1. The van der Waals surface area contributed by atoms with Crippen molar-refractivity contribution in [3.05, 3.63) is 35.9 Å². The lowest BCUT2D eigenvalue weighted by Crippen LogP contribution is -2.51. The first-order chi connectivity index (χ1) is 11.3. The van der Waals surface area contributed by atoms with Crippen molar-refractivity contribution in [2.24, 2.45) is 0 Å². The van der Waals surface area contributed by atoms with Gasteiger partial charge in [0.15, 0.2) is 0 Å². The lowest BCUT2D eigenvalue weighted by molar-refractivity contribution is -0.145. The predicted octanol–water partition coefficient (Wildman–Crippen LogP) is 2.05. The van der Waals surface area contributed by atoms with Gasteiger partial charge >= 0.3 is 0 Å². The van der Waals surface area contributed by atoms with Crippen molar-refractivity contribution in [1.82, 2.24) is 5.32 Å². The highest BCUT2D eigenvalue weighted by Crippen LogP contribution is 2.34. The highest BCUT2D eigenvalue weighted by atomic mass is 16.5. The molecule has 1 spiro atoms. The van der Waals surface area contributed by atoms with Crippen LogP contribution in [-0.4, -0.2) is 44.0 Å². The summed E-state index contributed by atoms with van der Waals surface area (Å²) in [4.78, 5) is 12.1. The summed E-state index contributed by atoms with van der Waals surface area (Å²) in [5.74, 6) is -0.0463. The summed E-state index contributed by atoms with van der Waals surface area (Å²) in [7, 11) is 0. The van der Waals surface area contributed by atoms with Crippen LogP contribution in [0.3, 0.4) is 0 Å². The number of benzene rings is 1. The van der Waals surface area contributed by atoms with E-state index in [1.807, 2.05) is 30.3 Å². The molecule has 5 heteroatoms. The largest absolute Gasteiger partial charge is 0.381 e. The third-order valence-electron chi connectivity index (χ3n) is 4.61. The van der Waals surface area contributed by atoms with Crippen LogP contribution in [0.4, 0.5) is 0 Å². The van der Waals surface area contributed by atoms with Crippen molar-refractivity contribution < 1.29 is 19.0 Å². The molecule has 1 atom stereocenters. The number of nitrogens with one attached hydrogen (secondary N) is 1. The quantitative estimate of drug-likeness (QED) is 0.902. The topological polar surface area (TPSA) is 56.8 Å². The summed E-state index contributed by atoms with van der Waals surface area (Å²) in [5, 5.41) is 3.09. The van der Waals surface area contributed by atoms with Crippen molar-refractivity contribution in [2.45, 2.75) is 43.9 Å². The summed E-state index contributed by atoms with van der Waals surface area (Å²) in [6.45, 7) is 2.77. The molecule has 2 fully saturated rings. The van der Waals surface area contributed by atoms with Gasteiger partial charge in [-0.3, -0.25) is 4.79 Å². The molecule has 0 aromatic heterocycles. The van der Waals surface area contributed by atoms with Gasteiger partial charge in [-0.1, -0.05) is 30.3 Å². The van der Waals surface area contributed by atoms with Crippen molar-refractivity contribution in [1.29, 1.82) is 0 Å². The van der Waals surface area contributed by atoms with Gasteiger partial charge in [-0.05, 0) is 31.2 Å². The van der Waals surface area contributed by atoms with Crippen LogP contribution in [0.25, 0.3) is 0 Å². The number of rotatable bonds is 5. The first-order valence-corrected chi connectivity index (χ1v) is 8.39. The van der Waals surface area contributed by atoms with Gasteiger partial charge < -0.3 is 19.5 Å². The number of carbonyl (C=O) groups is 1. The third kappa shape index (κ3) is 4.77. The Balaban J connectivity index is 1.40. The summed E-state index contributed by atoms with van der Waals surface area (Å²) in [6.07, 6.45) is 3.58. The van der Waals surface area contributed by atoms with E-state index in [9.17, 15) is 4.79 Å². The van der Waals surface area contributed by atoms with Crippen molar-refractivity contribution >= 4 is 5.91 Å². The van der Waals surface area contributed by atoms with Gasteiger partial charge in [0, 0.05) is 25.9 Å². The van der Waals surface area contributed by atoms with Gasteiger partial charge in [0.25, 0.3) is 0 Å². The van der Waals surface area contributed by atoms with Crippen LogP contribution in [0.2, 0.25) is 0 Å². The van der Waals surface area contributed by atoms with Gasteiger partial charge in [-0.25, -0.2) is 0 Å². The fourth-order valence-electron chi connectivity index (χ4n) is 3.35. The summed E-state index contributed by atoms with van der Waals surface area (Å²) < 4.78 is 16.9. The van der Waals surface area contributed by atoms with E-state index in [1.165, 1.54) is 0 Å². The van der Waals surface area contributed by atoms with E-state index in [0.29, 0.717) is 13.2 Å². The van der Waals surface area contributed by atoms with Crippen LogP contribution in [0.5, 0.6) is 0 Å². The van der Waals surface area contributed by atoms with E-state index >= 15 is 0 Å². The monoisotopic (exact) mass is 319 g/mol. The van der Waals surface area contributed by atoms with Crippen LogP contribution in [0.1, 0.15) is 31.2 Å². The Morgan fingerprint density at radius 2 is 2.00 bits per heavy atom. The van der Waals surface area contributed by atoms with E-state index in [1.54, 1.807) is 0 Å². The molecule has 126 valence electrons. The maximum Gasteiger partial charge on any atom is 0.246 e. The highest BCUT2D eigenvalue weighted by molar-refractivity contribution is 5.77. The molecule has 3 rings (SSSR count). The number of hydrogen-bond donors (Lipinski definition) is 1. The van der Waals surface area contributed by atoms with Crippen LogP contribution >= 0.6 is 0 Å². The van der Waals surface area contributed by atoms with Gasteiger partial charge in [0.05, 0.1) is 12.2 Å². The first-order valence-electron chi connectivity index (χ1n) is 8.39. The van der Waals surface area contributed by atoms with Gasteiger partial charge in [0.1, 0.15) is 6.61 Å².